The Morgan fingerprint density at radius 1 is 1.21 bits per heavy atom. The standard InChI is InChI=1S/C21H24N2O5/c1-4-28-20(27)12-5-7-13(8-6-12)22-19(26)14-9-17(25)23-15-10-21(2,3)11-16(24)18(14)15/h5-8,10,14,18H,4,9,11H2,1-3H3,(H,22,26)(H,23,25)/t14-,18-/m0/s1. The number of nitrogens with one attached hydrogen (secondary N) is 2. The third-order valence-electron chi connectivity index (χ3n) is 4.95. The van der Waals surface area contributed by atoms with Crippen LogP contribution in [0.25, 0.3) is 0 Å². The lowest BCUT2D eigenvalue weighted by atomic mass is 9.69. The van der Waals surface area contributed by atoms with Crippen molar-refractivity contribution in [3.8, 4) is 0 Å². The Hall–Kier alpha value is -2.96. The number of ketones is 1. The third-order valence-corrected chi connectivity index (χ3v) is 4.95. The summed E-state index contributed by atoms with van der Waals surface area (Å²) in [4.78, 5) is 49.3. The highest BCUT2D eigenvalue weighted by atomic mass is 16.5. The van der Waals surface area contributed by atoms with Crippen LogP contribution in [0.3, 0.4) is 0 Å². The number of ether oxygens (including phenoxy) is 1. The van der Waals surface area contributed by atoms with Crippen molar-refractivity contribution in [1.29, 1.82) is 0 Å². The van der Waals surface area contributed by atoms with Gasteiger partial charge in [-0.3, -0.25) is 14.4 Å². The highest BCUT2D eigenvalue weighted by Gasteiger charge is 2.45. The first-order valence-corrected chi connectivity index (χ1v) is 9.33. The topological polar surface area (TPSA) is 102 Å². The van der Waals surface area contributed by atoms with Crippen molar-refractivity contribution in [2.75, 3.05) is 11.9 Å². The van der Waals surface area contributed by atoms with Gasteiger partial charge < -0.3 is 15.4 Å². The van der Waals surface area contributed by atoms with E-state index in [0.29, 0.717) is 23.4 Å². The Labute approximate surface area is 163 Å². The number of fused-ring (bicyclic) bond motifs is 1. The number of Topliss-reactive ketones (excluding diaryl/α,β-unsaturated/α-hetero) is 1. The normalized spacial score (nSPS) is 23.2. The maximum atomic E-state index is 12.8. The van der Waals surface area contributed by atoms with E-state index in [2.05, 4.69) is 10.6 Å². The summed E-state index contributed by atoms with van der Waals surface area (Å²) >= 11 is 0. The van der Waals surface area contributed by atoms with Crippen molar-refractivity contribution in [2.45, 2.75) is 33.6 Å². The van der Waals surface area contributed by atoms with Crippen molar-refractivity contribution in [1.82, 2.24) is 5.32 Å². The van der Waals surface area contributed by atoms with Crippen LogP contribution in [0.5, 0.6) is 0 Å². The van der Waals surface area contributed by atoms with Crippen molar-refractivity contribution in [3.63, 3.8) is 0 Å². The largest absolute Gasteiger partial charge is 0.462 e. The molecule has 0 aromatic heterocycles. The van der Waals surface area contributed by atoms with E-state index in [9.17, 15) is 19.2 Å². The highest BCUT2D eigenvalue weighted by Crippen LogP contribution is 2.40. The monoisotopic (exact) mass is 384 g/mol. The van der Waals surface area contributed by atoms with Crippen LogP contribution in [0.1, 0.15) is 44.0 Å². The van der Waals surface area contributed by atoms with Crippen LogP contribution in [-0.2, 0) is 19.1 Å². The molecular weight excluding hydrogens is 360 g/mol. The number of carbonyl (C=O) groups is 4. The molecule has 1 saturated heterocycles. The summed E-state index contributed by atoms with van der Waals surface area (Å²) in [6.45, 7) is 5.86. The Kier molecular flexibility index (Phi) is 5.36. The number of anilines is 1. The molecule has 7 heteroatoms. The molecule has 1 fully saturated rings. The first kappa shape index (κ1) is 19.8. The molecule has 2 N–H and O–H groups in total. The number of amides is 2. The Balaban J connectivity index is 1.77. The second kappa shape index (κ2) is 7.58. The number of hydrogen-bond donors (Lipinski definition) is 2. The van der Waals surface area contributed by atoms with Gasteiger partial charge in [-0.25, -0.2) is 4.79 Å². The Morgan fingerprint density at radius 2 is 1.89 bits per heavy atom. The molecule has 1 aromatic rings. The van der Waals surface area contributed by atoms with E-state index in [1.165, 1.54) is 0 Å². The molecule has 1 heterocycles. The lowest BCUT2D eigenvalue weighted by molar-refractivity contribution is -0.136. The fraction of sp³-hybridized carbons (Fsp3) is 0.429. The van der Waals surface area contributed by atoms with Crippen molar-refractivity contribution >= 4 is 29.3 Å². The predicted octanol–water partition coefficient (Wildman–Crippen LogP) is 2.44. The van der Waals surface area contributed by atoms with Gasteiger partial charge in [0.05, 0.1) is 24.0 Å². The number of rotatable bonds is 4. The van der Waals surface area contributed by atoms with E-state index in [-0.39, 0.29) is 36.0 Å². The number of piperidine rings is 1. The molecule has 28 heavy (non-hydrogen) atoms. The first-order chi connectivity index (χ1) is 13.2. The molecule has 1 aliphatic carbocycles. The zero-order valence-corrected chi connectivity index (χ0v) is 16.2. The van der Waals surface area contributed by atoms with Gasteiger partial charge in [0.1, 0.15) is 5.78 Å². The van der Waals surface area contributed by atoms with Gasteiger partial charge in [0.2, 0.25) is 11.8 Å². The molecule has 2 amide bonds. The maximum Gasteiger partial charge on any atom is 0.338 e. The number of benzene rings is 1. The smallest absolute Gasteiger partial charge is 0.338 e. The van der Waals surface area contributed by atoms with E-state index >= 15 is 0 Å². The van der Waals surface area contributed by atoms with E-state index in [0.717, 1.165) is 0 Å². The molecule has 0 unspecified atom stereocenters. The first-order valence-electron chi connectivity index (χ1n) is 9.33. The predicted molar refractivity (Wildman–Crippen MR) is 102 cm³/mol. The molecule has 1 aromatic carbocycles. The van der Waals surface area contributed by atoms with E-state index in [4.69, 9.17) is 4.74 Å². The molecular formula is C21H24N2O5. The van der Waals surface area contributed by atoms with Crippen LogP contribution in [0.15, 0.2) is 36.0 Å². The lowest BCUT2D eigenvalue weighted by Crippen LogP contribution is -2.49. The molecule has 0 spiro atoms. The molecule has 2 aliphatic rings. The van der Waals surface area contributed by atoms with E-state index in [1.807, 2.05) is 19.9 Å². The second-order valence-corrected chi connectivity index (χ2v) is 7.85. The summed E-state index contributed by atoms with van der Waals surface area (Å²) in [6, 6.07) is 6.30. The van der Waals surface area contributed by atoms with E-state index in [1.54, 1.807) is 31.2 Å². The number of allylic oxidation sites excluding steroid dienone is 2. The molecule has 148 valence electrons. The van der Waals surface area contributed by atoms with Crippen LogP contribution in [0.4, 0.5) is 5.69 Å². The van der Waals surface area contributed by atoms with Crippen molar-refractivity contribution < 1.29 is 23.9 Å². The third kappa shape index (κ3) is 4.13. The lowest BCUT2D eigenvalue weighted by Gasteiger charge is -2.38. The van der Waals surface area contributed by atoms with Crippen LogP contribution in [-0.4, -0.2) is 30.2 Å². The number of carbonyl (C=O) groups excluding carboxylic acids is 4. The van der Waals surface area contributed by atoms with Crippen LogP contribution in [0, 0.1) is 17.3 Å². The van der Waals surface area contributed by atoms with Gasteiger partial charge in [-0.15, -0.1) is 0 Å². The number of esters is 1. The molecule has 3 rings (SSSR count). The van der Waals surface area contributed by atoms with Gasteiger partial charge >= 0.3 is 5.97 Å². The van der Waals surface area contributed by atoms with E-state index < -0.39 is 17.8 Å². The average molecular weight is 384 g/mol. The molecule has 2 atom stereocenters. The van der Waals surface area contributed by atoms with Crippen LogP contribution in [0.2, 0.25) is 0 Å². The van der Waals surface area contributed by atoms with Gasteiger partial charge in [-0.2, -0.15) is 0 Å². The minimum absolute atomic E-state index is 0.0408. The summed E-state index contributed by atoms with van der Waals surface area (Å²) in [5.74, 6) is -2.53. The molecule has 1 aliphatic heterocycles. The Morgan fingerprint density at radius 3 is 2.54 bits per heavy atom. The summed E-state index contributed by atoms with van der Waals surface area (Å²) in [7, 11) is 0. The van der Waals surface area contributed by atoms with Gasteiger partial charge in [0.15, 0.2) is 0 Å². The molecule has 7 nitrogen and oxygen atoms in total. The van der Waals surface area contributed by atoms with Crippen LogP contribution < -0.4 is 10.6 Å². The summed E-state index contributed by atoms with van der Waals surface area (Å²) in [5.41, 5.74) is 1.04. The Bertz CT molecular complexity index is 854. The second-order valence-electron chi connectivity index (χ2n) is 7.85. The fourth-order valence-electron chi connectivity index (χ4n) is 3.76. The molecule has 0 bridgehead atoms. The van der Waals surface area contributed by atoms with Gasteiger partial charge in [-0.1, -0.05) is 19.9 Å². The summed E-state index contributed by atoms with van der Waals surface area (Å²) in [5, 5.41) is 5.51. The quantitative estimate of drug-likeness (QED) is 0.777. The minimum Gasteiger partial charge on any atom is -0.462 e. The van der Waals surface area contributed by atoms with Crippen LogP contribution >= 0.6 is 0 Å². The zero-order valence-electron chi connectivity index (χ0n) is 16.2. The zero-order chi connectivity index (χ0) is 20.5. The summed E-state index contributed by atoms with van der Waals surface area (Å²) in [6.07, 6.45) is 2.17. The molecule has 0 saturated carbocycles. The molecule has 0 radical (unpaired) electrons. The van der Waals surface area contributed by atoms with Gasteiger partial charge in [0.25, 0.3) is 0 Å². The highest BCUT2D eigenvalue weighted by molar-refractivity contribution is 6.02. The van der Waals surface area contributed by atoms with Crippen molar-refractivity contribution in [3.05, 3.63) is 41.6 Å². The van der Waals surface area contributed by atoms with Gasteiger partial charge in [0, 0.05) is 24.2 Å². The fourth-order valence-corrected chi connectivity index (χ4v) is 3.76. The maximum absolute atomic E-state index is 12.8. The summed E-state index contributed by atoms with van der Waals surface area (Å²) < 4.78 is 4.93. The van der Waals surface area contributed by atoms with Gasteiger partial charge in [-0.05, 0) is 36.6 Å². The SMILES string of the molecule is CCOC(=O)c1ccc(NC(=O)[C@H]2CC(=O)NC3=CC(C)(C)CC(=O)[C@H]32)cc1. The average Bonchev–Trinajstić information content (AvgIpc) is 2.60. The minimum atomic E-state index is -0.756. The van der Waals surface area contributed by atoms with Crippen molar-refractivity contribution in [2.24, 2.45) is 17.3 Å². The number of hydrogen-bond acceptors (Lipinski definition) is 5.